The zero-order chi connectivity index (χ0) is 23.6. The molecule has 0 aliphatic heterocycles. The van der Waals surface area contributed by atoms with Gasteiger partial charge in [-0.3, -0.25) is 4.72 Å². The summed E-state index contributed by atoms with van der Waals surface area (Å²) >= 11 is 0. The van der Waals surface area contributed by atoms with E-state index in [1.54, 1.807) is 49.4 Å². The first kappa shape index (κ1) is 23.1. The van der Waals surface area contributed by atoms with Crippen LogP contribution in [0.5, 0.6) is 5.75 Å². The molecule has 0 atom stereocenters. The molecule has 1 aliphatic rings. The van der Waals surface area contributed by atoms with Crippen LogP contribution in [-0.2, 0) is 16.6 Å². The predicted molar refractivity (Wildman–Crippen MR) is 124 cm³/mol. The maximum atomic E-state index is 12.6. The van der Waals surface area contributed by atoms with Gasteiger partial charge in [-0.1, -0.05) is 19.1 Å². The summed E-state index contributed by atoms with van der Waals surface area (Å²) in [7, 11) is -3.40. The minimum absolute atomic E-state index is 0.0406. The topological polar surface area (TPSA) is 84.1 Å². The Balaban J connectivity index is 1.76. The van der Waals surface area contributed by atoms with Crippen molar-refractivity contribution in [3.63, 3.8) is 0 Å². The van der Waals surface area contributed by atoms with Crippen LogP contribution < -0.4 is 9.46 Å². The Labute approximate surface area is 191 Å². The molecule has 1 aliphatic carbocycles. The Bertz CT molecular complexity index is 1290. The fourth-order valence-electron chi connectivity index (χ4n) is 3.94. The third kappa shape index (κ3) is 5.28. The lowest BCUT2D eigenvalue weighted by Gasteiger charge is -2.13. The van der Waals surface area contributed by atoms with Crippen LogP contribution in [0.3, 0.4) is 0 Å². The molecule has 1 heterocycles. The maximum absolute atomic E-state index is 12.6. The van der Waals surface area contributed by atoms with Gasteiger partial charge in [0.15, 0.2) is 0 Å². The summed E-state index contributed by atoms with van der Waals surface area (Å²) in [6.07, 6.45) is 0.141. The summed E-state index contributed by atoms with van der Waals surface area (Å²) in [6, 6.07) is 14.3. The van der Waals surface area contributed by atoms with E-state index in [2.05, 4.69) is 15.4 Å². The van der Waals surface area contributed by atoms with Gasteiger partial charge in [-0.05, 0) is 55.0 Å². The van der Waals surface area contributed by atoms with Crippen LogP contribution in [0.2, 0.25) is 0 Å². The first-order chi connectivity index (χ1) is 15.8. The van der Waals surface area contributed by atoms with Crippen LogP contribution in [-0.4, -0.2) is 31.8 Å². The van der Waals surface area contributed by atoms with Crippen LogP contribution >= 0.6 is 0 Å². The van der Waals surface area contributed by atoms with Crippen LogP contribution in [0.1, 0.15) is 31.7 Å². The van der Waals surface area contributed by atoms with Crippen molar-refractivity contribution in [2.24, 2.45) is 5.92 Å². The number of hydrogen-bond donors (Lipinski definition) is 1. The third-order valence-electron chi connectivity index (χ3n) is 5.57. The van der Waals surface area contributed by atoms with Crippen molar-refractivity contribution >= 4 is 26.6 Å². The maximum Gasteiger partial charge on any atom is 0.272 e. The number of nitrogens with zero attached hydrogens (tertiary/aromatic N) is 2. The van der Waals surface area contributed by atoms with Gasteiger partial charge in [0.2, 0.25) is 10.0 Å². The molecule has 1 N–H and O–H groups in total. The van der Waals surface area contributed by atoms with Crippen LogP contribution in [0.15, 0.2) is 42.5 Å². The number of benzene rings is 2. The van der Waals surface area contributed by atoms with E-state index in [4.69, 9.17) is 4.74 Å². The molecule has 6 nitrogen and oxygen atoms in total. The highest BCUT2D eigenvalue weighted by atomic mass is 32.2. The molecule has 1 aromatic heterocycles. The number of rotatable bonds is 10. The second-order valence-electron chi connectivity index (χ2n) is 8.27. The van der Waals surface area contributed by atoms with Gasteiger partial charge in [0.05, 0.1) is 22.5 Å². The Hall–Kier alpha value is -3.12. The number of nitrogens with one attached hydrogen (secondary N) is 1. The highest BCUT2D eigenvalue weighted by molar-refractivity contribution is 7.92. The standard InChI is InChI=1S/C24H25F2N3O3S/c1-2-11-33(30,31)28-18-7-5-17(6-8-18)24-21(13-27)20-10-9-19(32-15-23(25)26)12-22(20)29(24)14-16-3-4-16/h5-10,12,16,23,28H,2-4,11,14-15H2,1H3. The smallest absolute Gasteiger partial charge is 0.272 e. The van der Waals surface area contributed by atoms with Crippen molar-refractivity contribution in [3.05, 3.63) is 48.0 Å². The highest BCUT2D eigenvalue weighted by Crippen LogP contribution is 2.39. The third-order valence-corrected chi connectivity index (χ3v) is 7.06. The van der Waals surface area contributed by atoms with Gasteiger partial charge in [0, 0.05) is 23.7 Å². The average Bonchev–Trinajstić information content (AvgIpc) is 3.54. The Morgan fingerprint density at radius 3 is 2.55 bits per heavy atom. The number of alkyl halides is 2. The second kappa shape index (κ2) is 9.40. The Kier molecular flexibility index (Phi) is 6.56. The Morgan fingerprint density at radius 1 is 1.21 bits per heavy atom. The van der Waals surface area contributed by atoms with E-state index in [9.17, 15) is 22.5 Å². The summed E-state index contributed by atoms with van der Waals surface area (Å²) in [4.78, 5) is 0. The zero-order valence-electron chi connectivity index (χ0n) is 18.2. The van der Waals surface area contributed by atoms with Gasteiger partial charge in [-0.2, -0.15) is 5.26 Å². The summed E-state index contributed by atoms with van der Waals surface area (Å²) in [6.45, 7) is 1.81. The summed E-state index contributed by atoms with van der Waals surface area (Å²) in [5.41, 5.74) is 3.21. The minimum Gasteiger partial charge on any atom is -0.488 e. The van der Waals surface area contributed by atoms with Crippen molar-refractivity contribution in [2.45, 2.75) is 39.2 Å². The normalized spacial score (nSPS) is 13.9. The van der Waals surface area contributed by atoms with E-state index in [-0.39, 0.29) is 5.75 Å². The fourth-order valence-corrected chi connectivity index (χ4v) is 5.07. The number of anilines is 1. The molecule has 2 aromatic carbocycles. The molecule has 3 aromatic rings. The van der Waals surface area contributed by atoms with Gasteiger partial charge in [-0.25, -0.2) is 17.2 Å². The number of nitriles is 1. The van der Waals surface area contributed by atoms with Crippen LogP contribution in [0, 0.1) is 17.2 Å². The lowest BCUT2D eigenvalue weighted by Crippen LogP contribution is -2.15. The first-order valence-corrected chi connectivity index (χ1v) is 12.5. The number of halogens is 2. The van der Waals surface area contributed by atoms with Crippen molar-refractivity contribution in [1.82, 2.24) is 4.57 Å². The van der Waals surface area contributed by atoms with Crippen molar-refractivity contribution in [3.8, 4) is 23.1 Å². The van der Waals surface area contributed by atoms with Gasteiger partial charge < -0.3 is 9.30 Å². The first-order valence-electron chi connectivity index (χ1n) is 10.9. The quantitative estimate of drug-likeness (QED) is 0.428. The molecule has 0 spiro atoms. The molecule has 1 saturated carbocycles. The lowest BCUT2D eigenvalue weighted by atomic mass is 10.1. The Morgan fingerprint density at radius 2 is 1.94 bits per heavy atom. The van der Waals surface area contributed by atoms with E-state index in [1.807, 2.05) is 0 Å². The van der Waals surface area contributed by atoms with Crippen LogP contribution in [0.25, 0.3) is 22.2 Å². The van der Waals surface area contributed by atoms with E-state index in [1.165, 1.54) is 0 Å². The number of fused-ring (bicyclic) bond motifs is 1. The van der Waals surface area contributed by atoms with Gasteiger partial charge in [0.1, 0.15) is 18.4 Å². The molecule has 174 valence electrons. The summed E-state index contributed by atoms with van der Waals surface area (Å²) in [5, 5.41) is 10.7. The van der Waals surface area contributed by atoms with Gasteiger partial charge in [-0.15, -0.1) is 0 Å². The molecule has 1 fully saturated rings. The lowest BCUT2D eigenvalue weighted by molar-refractivity contribution is 0.0819. The molecule has 0 saturated heterocycles. The number of hydrogen-bond acceptors (Lipinski definition) is 4. The monoisotopic (exact) mass is 473 g/mol. The van der Waals surface area contributed by atoms with E-state index in [0.29, 0.717) is 35.9 Å². The molecule has 9 heteroatoms. The molecule has 33 heavy (non-hydrogen) atoms. The van der Waals surface area contributed by atoms with Crippen molar-refractivity contribution < 1.29 is 21.9 Å². The molecule has 0 bridgehead atoms. The number of sulfonamides is 1. The van der Waals surface area contributed by atoms with E-state index < -0.39 is 23.1 Å². The largest absolute Gasteiger partial charge is 0.488 e. The predicted octanol–water partition coefficient (Wildman–Crippen LogP) is 5.39. The molecular formula is C24H25F2N3O3S. The summed E-state index contributed by atoms with van der Waals surface area (Å²) < 4.78 is 59.2. The molecule has 0 radical (unpaired) electrons. The van der Waals surface area contributed by atoms with Crippen LogP contribution in [0.4, 0.5) is 14.5 Å². The number of aromatic nitrogens is 1. The van der Waals surface area contributed by atoms with Crippen molar-refractivity contribution in [2.75, 3.05) is 17.1 Å². The second-order valence-corrected chi connectivity index (χ2v) is 10.1. The van der Waals surface area contributed by atoms with Gasteiger partial charge in [0.25, 0.3) is 6.43 Å². The zero-order valence-corrected chi connectivity index (χ0v) is 19.0. The number of ether oxygens (including phenoxy) is 1. The minimum atomic E-state index is -3.40. The molecular weight excluding hydrogens is 448 g/mol. The molecule has 0 unspecified atom stereocenters. The van der Waals surface area contributed by atoms with Gasteiger partial charge >= 0.3 is 0 Å². The molecule has 0 amide bonds. The van der Waals surface area contributed by atoms with E-state index in [0.717, 1.165) is 35.0 Å². The van der Waals surface area contributed by atoms with Crippen molar-refractivity contribution in [1.29, 1.82) is 5.26 Å². The van der Waals surface area contributed by atoms with E-state index >= 15 is 0 Å². The SMILES string of the molecule is CCCS(=O)(=O)Nc1ccc(-c2c(C#N)c3ccc(OCC(F)F)cc3n2CC2CC2)cc1. The highest BCUT2D eigenvalue weighted by Gasteiger charge is 2.27. The molecule has 4 rings (SSSR count). The fraction of sp³-hybridized carbons (Fsp3) is 0.375. The average molecular weight is 474 g/mol. The summed E-state index contributed by atoms with van der Waals surface area (Å²) in [5.74, 6) is 0.865.